The van der Waals surface area contributed by atoms with E-state index in [1.807, 2.05) is 19.1 Å². The van der Waals surface area contributed by atoms with Crippen molar-refractivity contribution in [2.75, 3.05) is 22.9 Å². The standard InChI is InChI=1S/C24H30N4O/c1-16(23-21-13-19(25)9-12-22(21)28-24(23)29)27-20-10-7-18(8-11-20)15-26-14-17-5-3-2-4-6-17/h7-13,17,26-27H,2-6,14-15,25H2,1H3,(H,28,29). The number of nitrogens with one attached hydrogen (secondary N) is 3. The Bertz CT molecular complexity index is 911. The molecule has 1 saturated carbocycles. The monoisotopic (exact) mass is 390 g/mol. The molecule has 1 aliphatic carbocycles. The van der Waals surface area contributed by atoms with E-state index in [1.54, 1.807) is 6.07 Å². The zero-order valence-electron chi connectivity index (χ0n) is 17.1. The number of nitrogens with two attached hydrogens (primary N) is 1. The second kappa shape index (κ2) is 8.70. The van der Waals surface area contributed by atoms with Gasteiger partial charge >= 0.3 is 0 Å². The Labute approximate surface area is 172 Å². The van der Waals surface area contributed by atoms with Crippen LogP contribution >= 0.6 is 0 Å². The molecule has 2 aromatic rings. The topological polar surface area (TPSA) is 79.2 Å². The lowest BCUT2D eigenvalue weighted by Gasteiger charge is -2.21. The normalized spacial score (nSPS) is 18.3. The number of carbonyl (C=O) groups excluding carboxylic acids is 1. The number of allylic oxidation sites excluding steroid dienone is 1. The van der Waals surface area contributed by atoms with Gasteiger partial charge < -0.3 is 21.7 Å². The highest BCUT2D eigenvalue weighted by Crippen LogP contribution is 2.35. The molecule has 5 nitrogen and oxygen atoms in total. The molecule has 2 aromatic carbocycles. The Morgan fingerprint density at radius 2 is 1.86 bits per heavy atom. The summed E-state index contributed by atoms with van der Waals surface area (Å²) in [7, 11) is 0. The van der Waals surface area contributed by atoms with Crippen molar-refractivity contribution in [3.05, 3.63) is 59.3 Å². The fourth-order valence-electron chi connectivity index (χ4n) is 4.35. The lowest BCUT2D eigenvalue weighted by molar-refractivity contribution is -0.110. The molecule has 1 aliphatic heterocycles. The molecule has 0 atom stereocenters. The molecular formula is C24H30N4O. The smallest absolute Gasteiger partial charge is 0.258 e. The molecule has 1 amide bonds. The second-order valence-electron chi connectivity index (χ2n) is 8.22. The second-order valence-corrected chi connectivity index (χ2v) is 8.22. The Morgan fingerprint density at radius 3 is 2.62 bits per heavy atom. The molecule has 4 rings (SSSR count). The van der Waals surface area contributed by atoms with Gasteiger partial charge in [0.15, 0.2) is 0 Å². The molecule has 5 heteroatoms. The maximum atomic E-state index is 12.4. The van der Waals surface area contributed by atoms with Gasteiger partial charge in [-0.2, -0.15) is 0 Å². The Hall–Kier alpha value is -2.79. The van der Waals surface area contributed by atoms with Gasteiger partial charge in [-0.3, -0.25) is 4.79 Å². The first-order valence-electron chi connectivity index (χ1n) is 10.6. The third kappa shape index (κ3) is 4.62. The number of hydrogen-bond donors (Lipinski definition) is 4. The van der Waals surface area contributed by atoms with Gasteiger partial charge in [0, 0.05) is 34.9 Å². The predicted octanol–water partition coefficient (Wildman–Crippen LogP) is 4.73. The highest BCUT2D eigenvalue weighted by atomic mass is 16.2. The zero-order valence-corrected chi connectivity index (χ0v) is 17.1. The minimum Gasteiger partial charge on any atom is -0.399 e. The van der Waals surface area contributed by atoms with Gasteiger partial charge in [0.1, 0.15) is 0 Å². The number of carbonyl (C=O) groups is 1. The first kappa shape index (κ1) is 19.5. The van der Waals surface area contributed by atoms with Gasteiger partial charge in [0.2, 0.25) is 0 Å². The largest absolute Gasteiger partial charge is 0.399 e. The van der Waals surface area contributed by atoms with Crippen LogP contribution in [0.15, 0.2) is 48.2 Å². The molecule has 5 N–H and O–H groups in total. The summed E-state index contributed by atoms with van der Waals surface area (Å²) in [5.41, 5.74) is 11.9. The minimum atomic E-state index is -0.0980. The number of amides is 1. The van der Waals surface area contributed by atoms with Crippen molar-refractivity contribution in [2.45, 2.75) is 45.6 Å². The molecule has 0 radical (unpaired) electrons. The number of benzene rings is 2. The highest BCUT2D eigenvalue weighted by Gasteiger charge is 2.26. The fourth-order valence-corrected chi connectivity index (χ4v) is 4.35. The van der Waals surface area contributed by atoms with Crippen molar-refractivity contribution in [2.24, 2.45) is 5.92 Å². The summed E-state index contributed by atoms with van der Waals surface area (Å²) in [5.74, 6) is 0.743. The number of rotatable bonds is 6. The Kier molecular flexibility index (Phi) is 5.86. The molecular weight excluding hydrogens is 360 g/mol. The van der Waals surface area contributed by atoms with E-state index in [2.05, 4.69) is 40.2 Å². The first-order valence-corrected chi connectivity index (χ1v) is 10.6. The van der Waals surface area contributed by atoms with Gasteiger partial charge in [0.05, 0.1) is 5.57 Å². The van der Waals surface area contributed by atoms with Crippen LogP contribution in [0.5, 0.6) is 0 Å². The number of nitrogen functional groups attached to an aromatic ring is 1. The molecule has 1 heterocycles. The van der Waals surface area contributed by atoms with E-state index >= 15 is 0 Å². The summed E-state index contributed by atoms with van der Waals surface area (Å²) in [6.07, 6.45) is 6.91. The number of fused-ring (bicyclic) bond motifs is 1. The van der Waals surface area contributed by atoms with Crippen LogP contribution < -0.4 is 21.7 Å². The van der Waals surface area contributed by atoms with Gasteiger partial charge in [0.25, 0.3) is 5.91 Å². The SMILES string of the molecule is CC(Nc1ccc(CNCC2CCCCC2)cc1)=C1C(=O)Nc2ccc(N)cc21. The summed E-state index contributed by atoms with van der Waals surface area (Å²) in [5, 5.41) is 9.87. The number of hydrogen-bond acceptors (Lipinski definition) is 4. The van der Waals surface area contributed by atoms with E-state index in [4.69, 9.17) is 5.73 Å². The van der Waals surface area contributed by atoms with E-state index in [-0.39, 0.29) is 5.91 Å². The molecule has 1 fully saturated rings. The first-order chi connectivity index (χ1) is 14.1. The molecule has 2 aliphatic rings. The van der Waals surface area contributed by atoms with Gasteiger partial charge in [-0.15, -0.1) is 0 Å². The van der Waals surface area contributed by atoms with E-state index in [9.17, 15) is 4.79 Å². The predicted molar refractivity (Wildman–Crippen MR) is 120 cm³/mol. The molecule has 0 saturated heterocycles. The fraction of sp³-hybridized carbons (Fsp3) is 0.375. The number of anilines is 3. The van der Waals surface area contributed by atoms with Crippen LogP contribution in [0.1, 0.15) is 50.2 Å². The van der Waals surface area contributed by atoms with Crippen molar-refractivity contribution in [3.8, 4) is 0 Å². The molecule has 152 valence electrons. The quantitative estimate of drug-likeness (QED) is 0.425. The summed E-state index contributed by atoms with van der Waals surface area (Å²) in [6.45, 7) is 3.93. The molecule has 29 heavy (non-hydrogen) atoms. The van der Waals surface area contributed by atoms with Gasteiger partial charge in [-0.1, -0.05) is 31.4 Å². The Morgan fingerprint density at radius 1 is 1.10 bits per heavy atom. The maximum Gasteiger partial charge on any atom is 0.258 e. The van der Waals surface area contributed by atoms with E-state index in [0.717, 1.165) is 41.6 Å². The maximum absolute atomic E-state index is 12.4. The third-order valence-corrected chi connectivity index (χ3v) is 5.94. The van der Waals surface area contributed by atoms with Crippen molar-refractivity contribution in [3.63, 3.8) is 0 Å². The van der Waals surface area contributed by atoms with E-state index in [1.165, 1.54) is 37.7 Å². The van der Waals surface area contributed by atoms with Crippen molar-refractivity contribution >= 4 is 28.5 Å². The van der Waals surface area contributed by atoms with Crippen molar-refractivity contribution < 1.29 is 4.79 Å². The lowest BCUT2D eigenvalue weighted by Crippen LogP contribution is -2.24. The van der Waals surface area contributed by atoms with E-state index < -0.39 is 0 Å². The van der Waals surface area contributed by atoms with Gasteiger partial charge in [-0.05, 0) is 68.1 Å². The van der Waals surface area contributed by atoms with Crippen molar-refractivity contribution in [1.29, 1.82) is 0 Å². The van der Waals surface area contributed by atoms with Crippen LogP contribution in [0.3, 0.4) is 0 Å². The summed E-state index contributed by atoms with van der Waals surface area (Å²) in [6, 6.07) is 13.9. The minimum absolute atomic E-state index is 0.0980. The van der Waals surface area contributed by atoms with E-state index in [0.29, 0.717) is 11.3 Å². The molecule has 0 spiro atoms. The molecule has 0 aromatic heterocycles. The highest BCUT2D eigenvalue weighted by molar-refractivity contribution is 6.32. The van der Waals surface area contributed by atoms with Crippen LogP contribution in [0.2, 0.25) is 0 Å². The van der Waals surface area contributed by atoms with Crippen LogP contribution in [0.4, 0.5) is 17.1 Å². The van der Waals surface area contributed by atoms with Crippen molar-refractivity contribution in [1.82, 2.24) is 5.32 Å². The van der Waals surface area contributed by atoms with Gasteiger partial charge in [-0.25, -0.2) is 0 Å². The molecule has 0 unspecified atom stereocenters. The van der Waals surface area contributed by atoms with Crippen LogP contribution in [0.25, 0.3) is 5.57 Å². The average Bonchev–Trinajstić information content (AvgIpc) is 3.05. The lowest BCUT2D eigenvalue weighted by atomic mass is 9.89. The van der Waals surface area contributed by atoms with Crippen LogP contribution in [0, 0.1) is 5.92 Å². The summed E-state index contributed by atoms with van der Waals surface area (Å²) in [4.78, 5) is 12.4. The summed E-state index contributed by atoms with van der Waals surface area (Å²) < 4.78 is 0. The average molecular weight is 391 g/mol. The Balaban J connectivity index is 1.38. The summed E-state index contributed by atoms with van der Waals surface area (Å²) >= 11 is 0. The molecule has 0 bridgehead atoms. The third-order valence-electron chi connectivity index (χ3n) is 5.94. The van der Waals surface area contributed by atoms with Crippen LogP contribution in [-0.2, 0) is 11.3 Å². The van der Waals surface area contributed by atoms with Crippen LogP contribution in [-0.4, -0.2) is 12.5 Å². The zero-order chi connectivity index (χ0) is 20.2.